The van der Waals surface area contributed by atoms with E-state index in [1.807, 2.05) is 0 Å². The maximum atomic E-state index is 13.7. The first-order chi connectivity index (χ1) is 9.11. The number of hydrogen-bond acceptors (Lipinski definition) is 3. The molecular weight excluding hydrogens is 269 g/mol. The molecule has 1 heterocycles. The number of rotatable bonds is 3. The molecule has 0 bridgehead atoms. The molecule has 98 valence electrons. The molecule has 1 aromatic heterocycles. The van der Waals surface area contributed by atoms with Crippen molar-refractivity contribution >= 4 is 29.0 Å². The normalized spacial score (nSPS) is 10.1. The van der Waals surface area contributed by atoms with Gasteiger partial charge in [0.1, 0.15) is 5.82 Å². The molecule has 2 rings (SSSR count). The number of carbonyl (C=O) groups excluding carboxylic acids is 1. The molecule has 0 unspecified atom stereocenters. The first-order valence-corrected chi connectivity index (χ1v) is 5.89. The van der Waals surface area contributed by atoms with Crippen molar-refractivity contribution in [1.29, 1.82) is 0 Å². The van der Waals surface area contributed by atoms with Crippen LogP contribution < -0.4 is 10.6 Å². The van der Waals surface area contributed by atoms with Crippen LogP contribution in [-0.4, -0.2) is 17.9 Å². The lowest BCUT2D eigenvalue weighted by molar-refractivity contribution is 0.102. The summed E-state index contributed by atoms with van der Waals surface area (Å²) < 4.78 is 13.7. The average Bonchev–Trinajstić information content (AvgIpc) is 2.44. The van der Waals surface area contributed by atoms with Gasteiger partial charge in [-0.05, 0) is 24.3 Å². The van der Waals surface area contributed by atoms with Crippen LogP contribution in [0.3, 0.4) is 0 Å². The number of nitrogens with one attached hydrogen (secondary N) is 2. The van der Waals surface area contributed by atoms with Crippen molar-refractivity contribution in [1.82, 2.24) is 4.98 Å². The third-order valence-corrected chi connectivity index (χ3v) is 2.77. The van der Waals surface area contributed by atoms with E-state index >= 15 is 0 Å². The zero-order valence-corrected chi connectivity index (χ0v) is 10.8. The first kappa shape index (κ1) is 13.3. The molecule has 0 aliphatic rings. The highest BCUT2D eigenvalue weighted by atomic mass is 35.5. The highest BCUT2D eigenvalue weighted by molar-refractivity contribution is 6.31. The fourth-order valence-corrected chi connectivity index (χ4v) is 1.68. The van der Waals surface area contributed by atoms with Gasteiger partial charge in [0.15, 0.2) is 5.82 Å². The lowest BCUT2D eigenvalue weighted by Crippen LogP contribution is -2.13. The second kappa shape index (κ2) is 5.67. The maximum absolute atomic E-state index is 13.7. The number of anilines is 2. The molecule has 0 fully saturated rings. The van der Waals surface area contributed by atoms with E-state index in [0.717, 1.165) is 0 Å². The zero-order chi connectivity index (χ0) is 13.8. The third-order valence-electron chi connectivity index (χ3n) is 2.48. The number of nitrogens with zero attached hydrogens (tertiary/aromatic N) is 1. The average molecular weight is 280 g/mol. The molecule has 2 N–H and O–H groups in total. The van der Waals surface area contributed by atoms with Gasteiger partial charge in [0.25, 0.3) is 5.91 Å². The molecule has 0 atom stereocenters. The topological polar surface area (TPSA) is 54.0 Å². The molecule has 6 heteroatoms. The van der Waals surface area contributed by atoms with Gasteiger partial charge in [-0.15, -0.1) is 0 Å². The Bertz CT molecular complexity index is 619. The van der Waals surface area contributed by atoms with Crippen LogP contribution in [-0.2, 0) is 0 Å². The molecule has 1 aromatic carbocycles. The van der Waals surface area contributed by atoms with Crippen LogP contribution in [0, 0.1) is 5.82 Å². The number of halogens is 2. The standard InChI is InChI=1S/C13H11ClFN3O/c1-16-11-7-8(5-6-17-11)13(19)18-10-4-2-3-9(14)12(10)15/h2-7H,1H3,(H,16,17)(H,18,19). The van der Waals surface area contributed by atoms with Gasteiger partial charge in [-0.2, -0.15) is 0 Å². The molecule has 1 amide bonds. The summed E-state index contributed by atoms with van der Waals surface area (Å²) in [5, 5.41) is 5.25. The summed E-state index contributed by atoms with van der Waals surface area (Å²) in [5.74, 6) is -0.528. The molecular formula is C13H11ClFN3O. The number of benzene rings is 1. The van der Waals surface area contributed by atoms with Crippen molar-refractivity contribution in [3.8, 4) is 0 Å². The number of aromatic nitrogens is 1. The van der Waals surface area contributed by atoms with Crippen LogP contribution in [0.25, 0.3) is 0 Å². The van der Waals surface area contributed by atoms with Crippen LogP contribution in [0.2, 0.25) is 5.02 Å². The van der Waals surface area contributed by atoms with Gasteiger partial charge in [0.05, 0.1) is 10.7 Å². The first-order valence-electron chi connectivity index (χ1n) is 5.51. The van der Waals surface area contributed by atoms with Gasteiger partial charge >= 0.3 is 0 Å². The minimum absolute atomic E-state index is 0.0385. The Kier molecular flexibility index (Phi) is 3.97. The van der Waals surface area contributed by atoms with Gasteiger partial charge in [-0.1, -0.05) is 17.7 Å². The third kappa shape index (κ3) is 3.00. The van der Waals surface area contributed by atoms with Gasteiger partial charge < -0.3 is 10.6 Å². The van der Waals surface area contributed by atoms with Crippen LogP contribution >= 0.6 is 11.6 Å². The summed E-state index contributed by atoms with van der Waals surface area (Å²) in [6, 6.07) is 7.53. The predicted molar refractivity (Wildman–Crippen MR) is 73.1 cm³/mol. The summed E-state index contributed by atoms with van der Waals surface area (Å²) >= 11 is 5.64. The molecule has 2 aromatic rings. The van der Waals surface area contributed by atoms with E-state index in [9.17, 15) is 9.18 Å². The fourth-order valence-electron chi connectivity index (χ4n) is 1.50. The monoisotopic (exact) mass is 279 g/mol. The summed E-state index contributed by atoms with van der Waals surface area (Å²) in [6.07, 6.45) is 1.50. The van der Waals surface area contributed by atoms with E-state index in [0.29, 0.717) is 11.4 Å². The summed E-state index contributed by atoms with van der Waals surface area (Å²) in [5.41, 5.74) is 0.416. The van der Waals surface area contributed by atoms with Crippen LogP contribution in [0.1, 0.15) is 10.4 Å². The summed E-state index contributed by atoms with van der Waals surface area (Å²) in [7, 11) is 1.70. The number of pyridine rings is 1. The minimum atomic E-state index is -0.652. The summed E-state index contributed by atoms with van der Waals surface area (Å²) in [4.78, 5) is 16.0. The van der Waals surface area contributed by atoms with Gasteiger partial charge in [-0.25, -0.2) is 9.37 Å². The number of carbonyl (C=O) groups is 1. The van der Waals surface area contributed by atoms with Gasteiger partial charge in [0, 0.05) is 18.8 Å². The second-order valence-corrected chi connectivity index (χ2v) is 4.14. The molecule has 4 nitrogen and oxygen atoms in total. The molecule has 0 saturated carbocycles. The van der Waals surface area contributed by atoms with Gasteiger partial charge in [0.2, 0.25) is 0 Å². The highest BCUT2D eigenvalue weighted by Gasteiger charge is 2.11. The zero-order valence-electron chi connectivity index (χ0n) is 10.1. The second-order valence-electron chi connectivity index (χ2n) is 3.74. The highest BCUT2D eigenvalue weighted by Crippen LogP contribution is 2.22. The lowest BCUT2D eigenvalue weighted by Gasteiger charge is -2.08. The van der Waals surface area contributed by atoms with E-state index < -0.39 is 11.7 Å². The van der Waals surface area contributed by atoms with E-state index in [4.69, 9.17) is 11.6 Å². The predicted octanol–water partition coefficient (Wildman–Crippen LogP) is 3.17. The van der Waals surface area contributed by atoms with Crippen LogP contribution in [0.15, 0.2) is 36.5 Å². The van der Waals surface area contributed by atoms with Crippen molar-refractivity contribution in [2.45, 2.75) is 0 Å². The number of amides is 1. The van der Waals surface area contributed by atoms with E-state index in [-0.39, 0.29) is 10.7 Å². The van der Waals surface area contributed by atoms with E-state index in [2.05, 4.69) is 15.6 Å². The van der Waals surface area contributed by atoms with Crippen molar-refractivity contribution < 1.29 is 9.18 Å². The van der Waals surface area contributed by atoms with Crippen LogP contribution in [0.4, 0.5) is 15.9 Å². The molecule has 19 heavy (non-hydrogen) atoms. The molecule has 0 aliphatic carbocycles. The summed E-state index contributed by atoms with van der Waals surface area (Å²) in [6.45, 7) is 0. The quantitative estimate of drug-likeness (QED) is 0.907. The fraction of sp³-hybridized carbons (Fsp3) is 0.0769. The van der Waals surface area contributed by atoms with E-state index in [1.54, 1.807) is 25.2 Å². The Morgan fingerprint density at radius 3 is 2.89 bits per heavy atom. The Morgan fingerprint density at radius 1 is 1.37 bits per heavy atom. The molecule has 0 saturated heterocycles. The molecule has 0 aliphatic heterocycles. The number of hydrogen-bond donors (Lipinski definition) is 2. The Morgan fingerprint density at radius 2 is 2.16 bits per heavy atom. The molecule has 0 radical (unpaired) electrons. The van der Waals surface area contributed by atoms with Crippen molar-refractivity contribution in [3.63, 3.8) is 0 Å². The van der Waals surface area contributed by atoms with Crippen molar-refractivity contribution in [2.24, 2.45) is 0 Å². The largest absolute Gasteiger partial charge is 0.373 e. The lowest BCUT2D eigenvalue weighted by atomic mass is 10.2. The Balaban J connectivity index is 2.23. The van der Waals surface area contributed by atoms with Crippen molar-refractivity contribution in [3.05, 3.63) is 52.9 Å². The van der Waals surface area contributed by atoms with Crippen molar-refractivity contribution in [2.75, 3.05) is 17.7 Å². The SMILES string of the molecule is CNc1cc(C(=O)Nc2cccc(Cl)c2F)ccn1. The minimum Gasteiger partial charge on any atom is -0.373 e. The van der Waals surface area contributed by atoms with Crippen LogP contribution in [0.5, 0.6) is 0 Å². The molecule has 0 spiro atoms. The Labute approximate surface area is 114 Å². The van der Waals surface area contributed by atoms with E-state index in [1.165, 1.54) is 18.3 Å². The smallest absolute Gasteiger partial charge is 0.255 e. The maximum Gasteiger partial charge on any atom is 0.255 e. The Hall–Kier alpha value is -2.14. The van der Waals surface area contributed by atoms with Gasteiger partial charge in [-0.3, -0.25) is 4.79 Å².